The molecule has 0 aromatic carbocycles. The Labute approximate surface area is 931 Å². The molecule has 3 aromatic rings. The number of pyridine rings is 3. The van der Waals surface area contributed by atoms with Crippen LogP contribution in [0, 0.1) is 25.5 Å². The molecule has 0 unspecified atom stereocenters. The third kappa shape index (κ3) is 47.7. The van der Waals surface area contributed by atoms with Crippen LogP contribution in [0.4, 0.5) is 8.78 Å². The van der Waals surface area contributed by atoms with Gasteiger partial charge in [0.25, 0.3) is 0 Å². The van der Waals surface area contributed by atoms with Crippen molar-refractivity contribution in [3.05, 3.63) is 86.1 Å². The molecule has 137 heavy (non-hydrogen) atoms. The molecular formula is C23H22B102Cl3F2N3O4-3. The molecule has 114 heteroatoms. The number of hydrogen-bond donors (Lipinski definition) is 1. The largest absolute Gasteiger partial charge is 0.729 e. The summed E-state index contributed by atoms with van der Waals surface area (Å²) in [5.41, 5.74) is 1.40. The number of aromatic carboxylic acids is 1. The van der Waals surface area contributed by atoms with Crippen LogP contribution in [0.3, 0.4) is 0 Å². The van der Waals surface area contributed by atoms with E-state index in [1.165, 1.54) is 6.20 Å². The summed E-state index contributed by atoms with van der Waals surface area (Å²) in [7, 11) is 330. The lowest BCUT2D eigenvalue weighted by molar-refractivity contribution is 0.00681. The van der Waals surface area contributed by atoms with Crippen molar-refractivity contribution >= 4 is 771 Å². The van der Waals surface area contributed by atoms with Crippen molar-refractivity contribution in [1.82, 2.24) is 15.0 Å². The van der Waals surface area contributed by atoms with Crippen molar-refractivity contribution in [2.45, 2.75) is 40.2 Å². The molecule has 0 amide bonds. The van der Waals surface area contributed by atoms with Gasteiger partial charge in [-0.1, -0.05) is 47.3 Å². The Morgan fingerprint density at radius 3 is 0.620 bits per heavy atom. The minimum absolute atomic E-state index is 0.0480. The van der Waals surface area contributed by atoms with E-state index in [1.54, 1.807) is 27.0 Å². The molecule has 1 N–H and O–H groups in total. The molecule has 3 heterocycles. The van der Waals surface area contributed by atoms with E-state index in [-0.39, 0.29) is 21.4 Å². The average Bonchev–Trinajstić information content (AvgIpc) is 0.765. The van der Waals surface area contributed by atoms with E-state index in [2.05, 4.69) is 15.0 Å². The van der Waals surface area contributed by atoms with Crippen LogP contribution >= 0.6 is 34.8 Å². The van der Waals surface area contributed by atoms with Crippen LogP contribution in [0.5, 0.6) is 0 Å². The van der Waals surface area contributed by atoms with Crippen molar-refractivity contribution in [2.75, 3.05) is 0 Å². The zero-order chi connectivity index (χ0) is 109. The van der Waals surface area contributed by atoms with E-state index < -0.39 is 336 Å². The number of carbonyl (C=O) groups is 2. The predicted octanol–water partition coefficient (Wildman–Crippen LogP) is -32.1. The summed E-state index contributed by atoms with van der Waals surface area (Å²) < 4.78 is 30.5. The molecule has 0 spiro atoms. The summed E-state index contributed by atoms with van der Waals surface area (Å²) in [4.78, 5) is 32.4. The first kappa shape index (κ1) is 145. The summed E-state index contributed by atoms with van der Waals surface area (Å²) in [6.07, 6.45) is -46.2. The van der Waals surface area contributed by atoms with Gasteiger partial charge >= 0.3 is 11.9 Å². The molecule has 0 saturated carbocycles. The Hall–Kier alpha value is 3.74. The zero-order valence-corrected chi connectivity index (χ0v) is 80.5. The summed E-state index contributed by atoms with van der Waals surface area (Å²) in [6, 6.07) is 3.83. The molecule has 0 bridgehead atoms. The molecule has 3 aromatic heterocycles. The molecule has 7 nitrogen and oxygen atoms in total. The first-order chi connectivity index (χ1) is 62.3. The summed E-state index contributed by atoms with van der Waals surface area (Å²) in [5, 5.41) is 8.36. The van der Waals surface area contributed by atoms with Gasteiger partial charge in [-0.3, -0.25) is 0 Å². The number of hydrogen-bond acceptors (Lipinski definition) is 6. The summed E-state index contributed by atoms with van der Waals surface area (Å²) in [5.74, 6) is -3.41. The van der Waals surface area contributed by atoms with Crippen molar-refractivity contribution in [3.8, 4) is 0 Å². The molecule has 3 rings (SSSR count). The van der Waals surface area contributed by atoms with Gasteiger partial charge in [0.1, 0.15) is 10.8 Å². The van der Waals surface area contributed by atoms with E-state index >= 15 is 0 Å². The maximum atomic E-state index is 13.0. The van der Waals surface area contributed by atoms with E-state index in [9.17, 15) is 18.4 Å². The van der Waals surface area contributed by atoms with Crippen molar-refractivity contribution in [1.29, 1.82) is 0 Å². The number of carboxylic acid groups (broad SMARTS) is 1. The van der Waals surface area contributed by atoms with E-state index in [0.29, 0.717) is 5.15 Å². The van der Waals surface area contributed by atoms with Gasteiger partial charge in [0.15, 0.2) is 21.9 Å². The van der Waals surface area contributed by atoms with E-state index in [4.69, 9.17) is 462 Å². The summed E-state index contributed by atoms with van der Waals surface area (Å²) in [6.45, 7) is 9.12. The van der Waals surface area contributed by atoms with Crippen LogP contribution in [-0.4, -0.2) is 762 Å². The maximum Gasteiger partial charge on any atom is 0.340 e. The Morgan fingerprint density at radius 2 is 0.453 bits per heavy atom. The second-order valence-electron chi connectivity index (χ2n) is 35.6. The van der Waals surface area contributed by atoms with Crippen molar-refractivity contribution in [3.63, 3.8) is 0 Å². The van der Waals surface area contributed by atoms with Gasteiger partial charge in [-0.15, -0.1) is 0 Å². The monoisotopic (exact) mass is 1670 g/mol. The van der Waals surface area contributed by atoms with Crippen LogP contribution in [0.2, 0.25) is 15.5 Å². The normalized spacial score (nSPS) is 9.76. The molecule has 497 valence electrons. The number of halogens is 5. The Balaban J connectivity index is -0.00000166. The number of carboxylic acids is 1. The number of carbonyl (C=O) groups excluding carboxylic acids is 1. The molecule has 0 aliphatic carbocycles. The smallest absolute Gasteiger partial charge is 0.340 e. The standard InChI is InChI=1S/C10H11ClFNO2.C7H8ClN.C6H3ClFNO2.3B34/c1-10(2,3)15-9(14)6-4-7(12)8(11)13-5-6;1-5-3-6(2)7(8)9-4-5;7-5-4(8)1-3(2-9-5)6(10)11;3*1-19(2)28(20(3)4)32(27(17)18)34(31(25(13)14)26(15)16)33(29(21(5)6)22(7)8)30(23(9)10)24(11)12/h4-5H,1-3H3;3-4H,1-2H3;1-2H,(H,10,11);;;/q;;;;-2;-1. The molecular weight excluding hydrogens is 1630 g/mol. The minimum atomic E-state index is -1.23. The van der Waals surface area contributed by atoms with Crippen LogP contribution in [0.15, 0.2) is 36.8 Å². The molecule has 111 radical (unpaired) electrons. The topological polar surface area (TPSA) is 102 Å². The van der Waals surface area contributed by atoms with E-state index in [0.717, 1.165) is 29.5 Å². The highest BCUT2D eigenvalue weighted by Gasteiger charge is 2.58. The second-order valence-corrected chi connectivity index (χ2v) is 36.7. The molecule has 0 aliphatic heterocycles. The van der Waals surface area contributed by atoms with Crippen LogP contribution < -0.4 is 0 Å². The number of ether oxygens (including phenoxy) is 1. The van der Waals surface area contributed by atoms with Crippen molar-refractivity contribution < 1.29 is 28.2 Å². The fourth-order valence-electron chi connectivity index (χ4n) is 18.3. The van der Waals surface area contributed by atoms with Gasteiger partial charge in [-0.2, -0.15) is 0 Å². The fourth-order valence-corrected chi connectivity index (χ4v) is 18.6. The first-order valence-electron chi connectivity index (χ1n) is 42.8. The number of rotatable bonds is 47. The zero-order valence-electron chi connectivity index (χ0n) is 78.3. The van der Waals surface area contributed by atoms with Gasteiger partial charge in [-0.05, 0) is 498 Å². The highest BCUT2D eigenvalue weighted by molar-refractivity contribution is 8.34. The Bertz CT molecular complexity index is 3400. The SMILES string of the molecule is CC(C)(C)OC(=O)c1cnc(Cl)c(F)c1.Cc1cnc(Cl)c(C)c1.O=C(O)c1cnc(Cl)c(F)c1.[B]B([B])B(B([B])[B])B(B(B([B])[B])B([B])[B])B(B(B([B])[B])B([B])[B])B(B([B])[B])B(B([B])[B])B([B-])[B-].[B]B([B])B(B([B])[B])B(B(B([B])[B])B([B])[B])B(B(B([B])[B])B([B])[B])B(B([B])[B])B(B([B])[B])B([B])[B-].[B]B([B])B(B([B])[B])B(B([B])[B])B(B(B([B])[B])B([B])[B])B(B(B([B])[B])B([B])[B])B(B([B])[B])B([B])[B]. The van der Waals surface area contributed by atoms with Crippen LogP contribution in [0.1, 0.15) is 52.6 Å². The maximum absolute atomic E-state index is 13.0. The molecule has 0 saturated heterocycles. The lowest BCUT2D eigenvalue weighted by Gasteiger charge is -2.57. The van der Waals surface area contributed by atoms with Crippen LogP contribution in [-0.2, 0) is 4.74 Å². The quantitative estimate of drug-likeness (QED) is 0.0341. The average molecular weight is 1650 g/mol. The lowest BCUT2D eigenvalue weighted by atomic mass is 8.29. The Morgan fingerprint density at radius 1 is 0.277 bits per heavy atom. The first-order valence-corrected chi connectivity index (χ1v) is 43.9. The summed E-state index contributed by atoms with van der Waals surface area (Å²) >= 11 is 16.3. The van der Waals surface area contributed by atoms with E-state index in [1.807, 2.05) is 19.9 Å². The highest BCUT2D eigenvalue weighted by atomic mass is 35.5. The highest BCUT2D eigenvalue weighted by Crippen LogP contribution is 2.23. The van der Waals surface area contributed by atoms with Gasteiger partial charge < -0.3 is 39.4 Å². The third-order valence-corrected chi connectivity index (χ3v) is 24.6. The second kappa shape index (κ2) is 69.5. The van der Waals surface area contributed by atoms with Gasteiger partial charge in [0.05, 0.1) is 11.1 Å². The molecule has 0 fully saturated rings. The van der Waals surface area contributed by atoms with Gasteiger partial charge in [0, 0.05) is 260 Å². The molecule has 0 aliphatic rings. The predicted molar refractivity (Wildman–Crippen MR) is 716 cm³/mol. The number of esters is 1. The van der Waals surface area contributed by atoms with Gasteiger partial charge in [-0.25, -0.2) is 39.7 Å². The lowest BCUT2D eigenvalue weighted by Crippen LogP contribution is -2.90. The van der Waals surface area contributed by atoms with Crippen LogP contribution in [0.25, 0.3) is 0 Å². The Kier molecular flexibility index (Phi) is 73.5. The number of aryl methyl sites for hydroxylation is 2. The van der Waals surface area contributed by atoms with Gasteiger partial charge in [0.2, 0.25) is 0 Å². The number of aromatic nitrogens is 3. The minimum Gasteiger partial charge on any atom is -0.729 e. The molecule has 0 atom stereocenters. The third-order valence-electron chi connectivity index (χ3n) is 23.6. The number of nitrogens with zero attached hydrogens (tertiary/aromatic N) is 3. The van der Waals surface area contributed by atoms with Crippen molar-refractivity contribution in [2.24, 2.45) is 0 Å². The fraction of sp³-hybridized carbons (Fsp3) is 0.261.